The molecule has 0 heterocycles. The van der Waals surface area contributed by atoms with Crippen LogP contribution in [0.25, 0.3) is 10.8 Å². The van der Waals surface area contributed by atoms with Crippen molar-refractivity contribution >= 4 is 46.3 Å². The van der Waals surface area contributed by atoms with Crippen molar-refractivity contribution in [1.82, 2.24) is 20.9 Å². The van der Waals surface area contributed by atoms with Crippen LogP contribution in [0.1, 0.15) is 51.7 Å². The summed E-state index contributed by atoms with van der Waals surface area (Å²) in [5, 5.41) is 9.45. The molecule has 3 aromatic carbocycles. The van der Waals surface area contributed by atoms with Crippen LogP contribution in [0, 0.1) is 11.8 Å². The number of benzene rings is 3. The Morgan fingerprint density at radius 3 is 2.10 bits per heavy atom. The number of likely N-dealkylation sites (N-methyl/N-ethyl adjacent to an activating group) is 1. The molecular weight excluding hydrogens is 626 g/mol. The molecular formula is C37H47N5O7. The number of ketones is 1. The van der Waals surface area contributed by atoms with E-state index < -0.39 is 66.1 Å². The molecule has 49 heavy (non-hydrogen) atoms. The number of Topliss-reactive ketones (excluding diaryl/α,β-unsaturated/α-hetero) is 1. The maximum atomic E-state index is 13.7. The summed E-state index contributed by atoms with van der Waals surface area (Å²) in [6, 6.07) is 19.2. The van der Waals surface area contributed by atoms with Crippen LogP contribution in [0.15, 0.2) is 72.8 Å². The van der Waals surface area contributed by atoms with Crippen LogP contribution in [0.2, 0.25) is 0 Å². The quantitative estimate of drug-likeness (QED) is 0.159. The number of fused-ring (bicyclic) bond motifs is 1. The highest BCUT2D eigenvalue weighted by Crippen LogP contribution is 2.19. The van der Waals surface area contributed by atoms with Gasteiger partial charge in [-0.15, -0.1) is 0 Å². The molecule has 0 saturated carbocycles. The second-order valence-electron chi connectivity index (χ2n) is 12.6. The number of nitrogens with one attached hydrogen (secondary N) is 3. The lowest BCUT2D eigenvalue weighted by molar-refractivity contribution is -0.147. The summed E-state index contributed by atoms with van der Waals surface area (Å²) in [4.78, 5) is 79.0. The fourth-order valence-electron chi connectivity index (χ4n) is 5.47. The molecule has 262 valence electrons. The van der Waals surface area contributed by atoms with Gasteiger partial charge in [0, 0.05) is 13.5 Å². The van der Waals surface area contributed by atoms with Gasteiger partial charge in [-0.3, -0.25) is 24.0 Å². The summed E-state index contributed by atoms with van der Waals surface area (Å²) in [5.41, 5.74) is 7.12. The highest BCUT2D eigenvalue weighted by atomic mass is 16.5. The van der Waals surface area contributed by atoms with Gasteiger partial charge < -0.3 is 31.3 Å². The molecule has 0 aliphatic heterocycles. The molecule has 0 fully saturated rings. The molecule has 0 aliphatic rings. The van der Waals surface area contributed by atoms with Gasteiger partial charge in [0.15, 0.2) is 0 Å². The lowest BCUT2D eigenvalue weighted by Gasteiger charge is -2.34. The van der Waals surface area contributed by atoms with Gasteiger partial charge in [0.05, 0.1) is 6.54 Å². The largest absolute Gasteiger partial charge is 0.445 e. The summed E-state index contributed by atoms with van der Waals surface area (Å²) >= 11 is 0. The predicted molar refractivity (Wildman–Crippen MR) is 186 cm³/mol. The first-order valence-electron chi connectivity index (χ1n) is 16.4. The summed E-state index contributed by atoms with van der Waals surface area (Å²) in [5.74, 6) is -4.46. The maximum absolute atomic E-state index is 13.7. The van der Waals surface area contributed by atoms with Crippen molar-refractivity contribution in [2.24, 2.45) is 17.6 Å². The molecule has 3 rings (SSSR count). The smallest absolute Gasteiger partial charge is 0.408 e. The number of primary amides is 1. The third kappa shape index (κ3) is 11.4. The predicted octanol–water partition coefficient (Wildman–Crippen LogP) is 3.25. The van der Waals surface area contributed by atoms with E-state index in [1.807, 2.05) is 81.4 Å². The van der Waals surface area contributed by atoms with Crippen molar-refractivity contribution in [3.05, 3.63) is 83.9 Å². The molecule has 0 radical (unpaired) electrons. The van der Waals surface area contributed by atoms with Crippen molar-refractivity contribution in [2.75, 3.05) is 13.6 Å². The van der Waals surface area contributed by atoms with Gasteiger partial charge >= 0.3 is 6.09 Å². The number of carbonyl (C=O) groups is 6. The third-order valence-corrected chi connectivity index (χ3v) is 8.29. The molecule has 0 aliphatic carbocycles. The Morgan fingerprint density at radius 1 is 0.816 bits per heavy atom. The fraction of sp³-hybridized carbons (Fsp3) is 0.405. The zero-order valence-electron chi connectivity index (χ0n) is 28.7. The highest BCUT2D eigenvalue weighted by molar-refractivity contribution is 6.38. The Bertz CT molecular complexity index is 1630. The number of nitrogens with two attached hydrogens (primary N) is 1. The maximum Gasteiger partial charge on any atom is 0.408 e. The minimum atomic E-state index is -1.18. The van der Waals surface area contributed by atoms with Crippen molar-refractivity contribution < 1.29 is 33.5 Å². The first kappa shape index (κ1) is 38.2. The van der Waals surface area contributed by atoms with E-state index in [4.69, 9.17) is 10.5 Å². The number of rotatable bonds is 17. The second-order valence-corrected chi connectivity index (χ2v) is 12.6. The second kappa shape index (κ2) is 18.3. The van der Waals surface area contributed by atoms with Crippen LogP contribution in [0.4, 0.5) is 4.79 Å². The number of alkyl carbamates (subject to hydrolysis) is 1. The SMILES string of the molecule is CCC(C)C(C(=O)C(=O)NCC(=O)NC(Cc1ccc2ccccc2c1)C(N)=O)N(C)C(=O)C(CC(C)C)NC(=O)OCc1ccccc1. The molecule has 3 aromatic rings. The van der Waals surface area contributed by atoms with Crippen LogP contribution < -0.4 is 21.7 Å². The minimum absolute atomic E-state index is 0.00167. The average Bonchev–Trinajstić information content (AvgIpc) is 3.08. The number of nitrogens with zero attached hydrogens (tertiary/aromatic N) is 1. The normalized spacial score (nSPS) is 13.4. The summed E-state index contributed by atoms with van der Waals surface area (Å²) < 4.78 is 5.31. The van der Waals surface area contributed by atoms with Crippen LogP contribution in [0.5, 0.6) is 0 Å². The Balaban J connectivity index is 1.63. The third-order valence-electron chi connectivity index (χ3n) is 8.29. The number of hydrogen-bond donors (Lipinski definition) is 4. The minimum Gasteiger partial charge on any atom is -0.445 e. The molecule has 12 heteroatoms. The van der Waals surface area contributed by atoms with Gasteiger partial charge in [0.1, 0.15) is 24.7 Å². The highest BCUT2D eigenvalue weighted by Gasteiger charge is 2.38. The molecule has 0 aromatic heterocycles. The molecule has 0 saturated heterocycles. The Hall–Kier alpha value is -5.26. The lowest BCUT2D eigenvalue weighted by atomic mass is 9.92. The molecule has 5 amide bonds. The summed E-state index contributed by atoms with van der Waals surface area (Å²) in [6.45, 7) is 6.74. The zero-order chi connectivity index (χ0) is 36.1. The first-order chi connectivity index (χ1) is 23.3. The van der Waals surface area contributed by atoms with Crippen LogP contribution in [-0.4, -0.2) is 72.1 Å². The number of hydrogen-bond acceptors (Lipinski definition) is 7. The van der Waals surface area contributed by atoms with E-state index >= 15 is 0 Å². The Labute approximate surface area is 287 Å². The van der Waals surface area contributed by atoms with E-state index in [1.165, 1.54) is 11.9 Å². The molecule has 4 unspecified atom stereocenters. The summed E-state index contributed by atoms with van der Waals surface area (Å²) in [7, 11) is 1.41. The van der Waals surface area contributed by atoms with Crippen LogP contribution in [0.3, 0.4) is 0 Å². The summed E-state index contributed by atoms with van der Waals surface area (Å²) in [6.07, 6.45) is 0.0598. The molecule has 0 bridgehead atoms. The van der Waals surface area contributed by atoms with Gasteiger partial charge in [-0.25, -0.2) is 4.79 Å². The molecule has 12 nitrogen and oxygen atoms in total. The van der Waals surface area contributed by atoms with E-state index in [9.17, 15) is 28.8 Å². The van der Waals surface area contributed by atoms with Crippen molar-refractivity contribution in [2.45, 2.75) is 71.7 Å². The van der Waals surface area contributed by atoms with Crippen LogP contribution >= 0.6 is 0 Å². The number of carbonyl (C=O) groups excluding carboxylic acids is 6. The molecule has 5 N–H and O–H groups in total. The Morgan fingerprint density at radius 2 is 1.47 bits per heavy atom. The van der Waals surface area contributed by atoms with Gasteiger partial charge in [0.25, 0.3) is 5.91 Å². The van der Waals surface area contributed by atoms with E-state index in [0.29, 0.717) is 6.42 Å². The van der Waals surface area contributed by atoms with Crippen molar-refractivity contribution in [3.63, 3.8) is 0 Å². The van der Waals surface area contributed by atoms with Crippen molar-refractivity contribution in [3.8, 4) is 0 Å². The molecule has 0 spiro atoms. The lowest BCUT2D eigenvalue weighted by Crippen LogP contribution is -2.57. The zero-order valence-corrected chi connectivity index (χ0v) is 28.7. The van der Waals surface area contributed by atoms with E-state index in [-0.39, 0.29) is 25.4 Å². The standard InChI is InChI=1S/C37H47N5O7/c1-6-24(4)32(42(5)36(47)30(18-23(2)3)41-37(48)49-22-25-12-8-7-9-13-25)33(44)35(46)39-21-31(43)40-29(34(38)45)20-26-16-17-27-14-10-11-15-28(27)19-26/h7-17,19,23-24,29-30,32H,6,18,20-22H2,1-5H3,(H2,38,45)(H,39,46)(H,40,43)(H,41,48). The number of ether oxygens (including phenoxy) is 1. The first-order valence-corrected chi connectivity index (χ1v) is 16.4. The number of amides is 5. The van der Waals surface area contributed by atoms with E-state index in [0.717, 1.165) is 21.9 Å². The van der Waals surface area contributed by atoms with E-state index in [1.54, 1.807) is 19.1 Å². The molecule has 4 atom stereocenters. The topological polar surface area (TPSA) is 177 Å². The van der Waals surface area contributed by atoms with Crippen molar-refractivity contribution in [1.29, 1.82) is 0 Å². The Kier molecular flexibility index (Phi) is 14.3. The van der Waals surface area contributed by atoms with Gasteiger partial charge in [-0.1, -0.05) is 107 Å². The fourth-order valence-corrected chi connectivity index (χ4v) is 5.47. The van der Waals surface area contributed by atoms with Gasteiger partial charge in [-0.2, -0.15) is 0 Å². The van der Waals surface area contributed by atoms with Gasteiger partial charge in [-0.05, 0) is 40.2 Å². The monoisotopic (exact) mass is 673 g/mol. The van der Waals surface area contributed by atoms with Gasteiger partial charge in [0.2, 0.25) is 23.5 Å². The van der Waals surface area contributed by atoms with Crippen LogP contribution in [-0.2, 0) is 41.7 Å². The van der Waals surface area contributed by atoms with E-state index in [2.05, 4.69) is 16.0 Å². The average molecular weight is 674 g/mol.